The van der Waals surface area contributed by atoms with E-state index in [1.165, 1.54) is 6.20 Å². The van der Waals surface area contributed by atoms with Gasteiger partial charge in [-0.25, -0.2) is 4.68 Å². The minimum atomic E-state index is -0.664. The van der Waals surface area contributed by atoms with E-state index in [0.29, 0.717) is 55.0 Å². The third kappa shape index (κ3) is 3.47. The molecule has 5 rings (SSSR count). The Balaban J connectivity index is 1.53. The number of rotatable bonds is 4. The number of anilines is 2. The number of aryl methyl sites for hydroxylation is 1. The van der Waals surface area contributed by atoms with Crippen molar-refractivity contribution < 1.29 is 19.4 Å². The third-order valence-corrected chi connectivity index (χ3v) is 5.80. The predicted molar refractivity (Wildman–Crippen MR) is 114 cm³/mol. The van der Waals surface area contributed by atoms with E-state index in [1.54, 1.807) is 17.9 Å². The first-order chi connectivity index (χ1) is 15.0. The lowest BCUT2D eigenvalue weighted by atomic mass is 9.99. The van der Waals surface area contributed by atoms with Gasteiger partial charge in [0.05, 0.1) is 43.0 Å². The molecule has 2 aliphatic heterocycles. The number of aliphatic hydroxyl groups excluding tert-OH is 1. The maximum absolute atomic E-state index is 13.2. The van der Waals surface area contributed by atoms with Gasteiger partial charge in [0.15, 0.2) is 0 Å². The van der Waals surface area contributed by atoms with Gasteiger partial charge in [-0.05, 0) is 13.0 Å². The van der Waals surface area contributed by atoms with Gasteiger partial charge in [-0.15, -0.1) is 5.10 Å². The van der Waals surface area contributed by atoms with Gasteiger partial charge in [-0.2, -0.15) is 0 Å². The second-order valence-electron chi connectivity index (χ2n) is 8.19. The summed E-state index contributed by atoms with van der Waals surface area (Å²) in [6.07, 6.45) is 3.69. The van der Waals surface area contributed by atoms with Crippen LogP contribution in [0.4, 0.5) is 11.4 Å². The number of carbonyl (C=O) groups excluding carboxylic acids is 1. The van der Waals surface area contributed by atoms with Gasteiger partial charge in [-0.1, -0.05) is 5.21 Å². The Hall–Kier alpha value is -3.24. The summed E-state index contributed by atoms with van der Waals surface area (Å²) >= 11 is 0. The number of ether oxygens (including phenoxy) is 2. The van der Waals surface area contributed by atoms with E-state index in [2.05, 4.69) is 25.5 Å². The maximum Gasteiger partial charge on any atom is 0.259 e. The number of hydrogen-bond donors (Lipinski definition) is 2. The first kappa shape index (κ1) is 19.7. The molecule has 1 amide bonds. The summed E-state index contributed by atoms with van der Waals surface area (Å²) in [5, 5.41) is 20.9. The molecule has 0 radical (unpaired) electrons. The Labute approximate surface area is 178 Å². The molecule has 3 aromatic rings. The van der Waals surface area contributed by atoms with E-state index in [0.717, 1.165) is 17.0 Å². The molecular weight excluding hydrogens is 400 g/mol. The largest absolute Gasteiger partial charge is 0.484 e. The second kappa shape index (κ2) is 7.47. The Morgan fingerprint density at radius 1 is 1.29 bits per heavy atom. The van der Waals surface area contributed by atoms with Crippen molar-refractivity contribution in [2.75, 3.05) is 43.1 Å². The van der Waals surface area contributed by atoms with Gasteiger partial charge < -0.3 is 24.8 Å². The van der Waals surface area contributed by atoms with Crippen LogP contribution in [0.2, 0.25) is 0 Å². The molecule has 0 saturated carbocycles. The van der Waals surface area contributed by atoms with Crippen molar-refractivity contribution in [3.8, 4) is 5.75 Å². The highest BCUT2D eigenvalue weighted by Crippen LogP contribution is 2.42. The molecule has 0 aliphatic carbocycles. The molecule has 0 bridgehead atoms. The first-order valence-electron chi connectivity index (χ1n) is 10.2. The molecule has 2 aromatic heterocycles. The number of morpholine rings is 1. The van der Waals surface area contributed by atoms with Crippen LogP contribution < -0.4 is 15.0 Å². The van der Waals surface area contributed by atoms with E-state index in [1.807, 2.05) is 19.1 Å². The van der Waals surface area contributed by atoms with E-state index >= 15 is 0 Å². The van der Waals surface area contributed by atoms with Crippen molar-refractivity contribution >= 4 is 28.3 Å². The topological polar surface area (TPSA) is 115 Å². The minimum Gasteiger partial charge on any atom is -0.484 e. The Morgan fingerprint density at radius 3 is 2.87 bits per heavy atom. The lowest BCUT2D eigenvalue weighted by molar-refractivity contribution is 0.0446. The van der Waals surface area contributed by atoms with Crippen LogP contribution in [-0.4, -0.2) is 69.5 Å². The van der Waals surface area contributed by atoms with E-state index in [9.17, 15) is 9.90 Å². The van der Waals surface area contributed by atoms with E-state index < -0.39 is 5.60 Å². The number of nitrogens with one attached hydrogen (secondary N) is 1. The number of benzene rings is 1. The van der Waals surface area contributed by atoms with Gasteiger partial charge >= 0.3 is 0 Å². The number of aliphatic hydroxyl groups is 1. The molecule has 2 aliphatic rings. The van der Waals surface area contributed by atoms with Crippen molar-refractivity contribution in [1.29, 1.82) is 0 Å². The van der Waals surface area contributed by atoms with Crippen LogP contribution in [0.15, 0.2) is 24.5 Å². The van der Waals surface area contributed by atoms with Crippen LogP contribution in [0.3, 0.4) is 0 Å². The summed E-state index contributed by atoms with van der Waals surface area (Å²) in [5.41, 5.74) is 3.36. The molecule has 0 spiro atoms. The van der Waals surface area contributed by atoms with Crippen molar-refractivity contribution in [3.05, 3.63) is 35.7 Å². The fourth-order valence-corrected chi connectivity index (χ4v) is 4.11. The zero-order valence-corrected chi connectivity index (χ0v) is 17.5. The lowest BCUT2D eigenvalue weighted by Gasteiger charge is -2.31. The first-order valence-corrected chi connectivity index (χ1v) is 10.2. The summed E-state index contributed by atoms with van der Waals surface area (Å²) < 4.78 is 13.1. The SMILES string of the molecule is Cn1nnc2c(C(=O)Nc3cc4c(cc3N3CCOCC3)O[C@@](C)(CO)C4)cncc21. The number of amides is 1. The minimum absolute atomic E-state index is 0.0867. The average molecular weight is 424 g/mol. The third-order valence-electron chi connectivity index (χ3n) is 5.80. The van der Waals surface area contributed by atoms with Crippen LogP contribution in [0, 0.1) is 0 Å². The van der Waals surface area contributed by atoms with Gasteiger partial charge in [0.2, 0.25) is 0 Å². The van der Waals surface area contributed by atoms with Gasteiger partial charge in [0.25, 0.3) is 5.91 Å². The Kier molecular flexibility index (Phi) is 4.75. The number of aromatic nitrogens is 4. The summed E-state index contributed by atoms with van der Waals surface area (Å²) in [4.78, 5) is 19.6. The number of hydrogen-bond acceptors (Lipinski definition) is 8. The zero-order chi connectivity index (χ0) is 21.6. The molecule has 1 fully saturated rings. The summed E-state index contributed by atoms with van der Waals surface area (Å²) in [6.45, 7) is 4.43. The summed E-state index contributed by atoms with van der Waals surface area (Å²) in [7, 11) is 1.76. The molecule has 31 heavy (non-hydrogen) atoms. The molecule has 0 unspecified atom stereocenters. The number of carbonyl (C=O) groups is 1. The predicted octanol–water partition coefficient (Wildman–Crippen LogP) is 1.14. The monoisotopic (exact) mass is 424 g/mol. The smallest absolute Gasteiger partial charge is 0.259 e. The molecule has 1 aromatic carbocycles. The molecule has 1 atom stereocenters. The van der Waals surface area contributed by atoms with Crippen LogP contribution in [0.1, 0.15) is 22.8 Å². The standard InChI is InChI=1S/C21H24N6O4/c1-21(12-28)9-13-7-15(16(8-18(13)31-21)27-3-5-30-6-4-27)23-20(29)14-10-22-11-17-19(14)24-25-26(17)2/h7-8,10-11,28H,3-6,9,12H2,1-2H3,(H,23,29)/t21-/m1/s1. The number of pyridine rings is 1. The van der Waals surface area contributed by atoms with Crippen molar-refractivity contribution in [2.24, 2.45) is 7.05 Å². The van der Waals surface area contributed by atoms with Crippen LogP contribution >= 0.6 is 0 Å². The highest BCUT2D eigenvalue weighted by Gasteiger charge is 2.35. The molecule has 4 heterocycles. The number of nitrogens with zero attached hydrogens (tertiary/aromatic N) is 5. The molecule has 10 heteroatoms. The quantitative estimate of drug-likeness (QED) is 0.641. The maximum atomic E-state index is 13.2. The highest BCUT2D eigenvalue weighted by atomic mass is 16.5. The lowest BCUT2D eigenvalue weighted by Crippen LogP contribution is -2.37. The molecule has 2 N–H and O–H groups in total. The van der Waals surface area contributed by atoms with Gasteiger partial charge in [-0.3, -0.25) is 9.78 Å². The van der Waals surface area contributed by atoms with E-state index in [-0.39, 0.29) is 12.5 Å². The highest BCUT2D eigenvalue weighted by molar-refractivity contribution is 6.12. The molecular formula is C21H24N6O4. The molecule has 1 saturated heterocycles. The van der Waals surface area contributed by atoms with Crippen LogP contribution in [-0.2, 0) is 18.2 Å². The van der Waals surface area contributed by atoms with Crippen LogP contribution in [0.5, 0.6) is 5.75 Å². The van der Waals surface area contributed by atoms with Crippen molar-refractivity contribution in [2.45, 2.75) is 18.9 Å². The molecule has 162 valence electrons. The fraction of sp³-hybridized carbons (Fsp3) is 0.429. The van der Waals surface area contributed by atoms with Gasteiger partial charge in [0, 0.05) is 44.4 Å². The Morgan fingerprint density at radius 2 is 2.10 bits per heavy atom. The normalized spacial score (nSPS) is 20.5. The fourth-order valence-electron chi connectivity index (χ4n) is 4.11. The van der Waals surface area contributed by atoms with Crippen LogP contribution in [0.25, 0.3) is 11.0 Å². The van der Waals surface area contributed by atoms with E-state index in [4.69, 9.17) is 9.47 Å². The second-order valence-corrected chi connectivity index (χ2v) is 8.19. The Bertz CT molecular complexity index is 1160. The van der Waals surface area contributed by atoms with Crippen molar-refractivity contribution in [1.82, 2.24) is 20.0 Å². The number of fused-ring (bicyclic) bond motifs is 2. The molecule has 10 nitrogen and oxygen atoms in total. The van der Waals surface area contributed by atoms with Gasteiger partial charge in [0.1, 0.15) is 22.4 Å². The average Bonchev–Trinajstić information content (AvgIpc) is 3.33. The summed E-state index contributed by atoms with van der Waals surface area (Å²) in [5.74, 6) is 0.422. The summed E-state index contributed by atoms with van der Waals surface area (Å²) in [6, 6.07) is 3.88. The zero-order valence-electron chi connectivity index (χ0n) is 17.5. The van der Waals surface area contributed by atoms with Crippen molar-refractivity contribution in [3.63, 3.8) is 0 Å².